The molecule has 0 amide bonds. The second kappa shape index (κ2) is 6.43. The fraction of sp³-hybridized carbons (Fsp3) is 0.222. The molecule has 2 atom stereocenters. The van der Waals surface area contributed by atoms with Crippen LogP contribution in [0.3, 0.4) is 0 Å². The number of hydrogen-bond acceptors (Lipinski definition) is 4. The van der Waals surface area contributed by atoms with Crippen LogP contribution in [0.25, 0.3) is 0 Å². The lowest BCUT2D eigenvalue weighted by molar-refractivity contribution is -0.152. The summed E-state index contributed by atoms with van der Waals surface area (Å²) < 4.78 is 10.6. The molecule has 22 heavy (non-hydrogen) atoms. The second-order valence-corrected chi connectivity index (χ2v) is 5.23. The van der Waals surface area contributed by atoms with Gasteiger partial charge in [-0.15, -0.1) is 0 Å². The zero-order valence-electron chi connectivity index (χ0n) is 12.0. The maximum Gasteiger partial charge on any atom is 0.314 e. The van der Waals surface area contributed by atoms with E-state index >= 15 is 0 Å². The Labute approximate surface area is 128 Å². The molecule has 1 aliphatic rings. The first-order chi connectivity index (χ1) is 10.7. The predicted octanol–water partition coefficient (Wildman–Crippen LogP) is 3.03. The molecular weight excluding hydrogens is 280 g/mol. The van der Waals surface area contributed by atoms with Gasteiger partial charge in [-0.1, -0.05) is 60.7 Å². The van der Waals surface area contributed by atoms with Crippen molar-refractivity contribution in [3.8, 4) is 0 Å². The minimum absolute atomic E-state index is 0.0627. The van der Waals surface area contributed by atoms with Crippen LogP contribution in [0.4, 0.5) is 0 Å². The Morgan fingerprint density at radius 3 is 2.36 bits per heavy atom. The number of carbonyl (C=O) groups is 2. The summed E-state index contributed by atoms with van der Waals surface area (Å²) in [5.41, 5.74) is 1.73. The Balaban J connectivity index is 1.69. The number of ether oxygens (including phenoxy) is 2. The Morgan fingerprint density at radius 1 is 1.05 bits per heavy atom. The molecule has 2 aromatic rings. The molecule has 4 heteroatoms. The van der Waals surface area contributed by atoms with Gasteiger partial charge in [0.2, 0.25) is 0 Å². The van der Waals surface area contributed by atoms with Crippen molar-refractivity contribution < 1.29 is 19.1 Å². The number of cyclic esters (lactones) is 1. The van der Waals surface area contributed by atoms with Crippen LogP contribution >= 0.6 is 0 Å². The van der Waals surface area contributed by atoms with Gasteiger partial charge in [-0.2, -0.15) is 0 Å². The van der Waals surface area contributed by atoms with E-state index in [9.17, 15) is 9.59 Å². The third-order valence-electron chi connectivity index (χ3n) is 3.67. The molecule has 3 rings (SSSR count). The summed E-state index contributed by atoms with van der Waals surface area (Å²) >= 11 is 0. The van der Waals surface area contributed by atoms with Gasteiger partial charge in [0.25, 0.3) is 0 Å². The lowest BCUT2D eigenvalue weighted by Crippen LogP contribution is -2.21. The fourth-order valence-electron chi connectivity index (χ4n) is 2.54. The summed E-state index contributed by atoms with van der Waals surface area (Å²) in [4.78, 5) is 23.9. The SMILES string of the molecule is O=C1CC(C(=O)OCc2ccccc2)C(c2ccccc2)O1. The molecule has 0 radical (unpaired) electrons. The van der Waals surface area contributed by atoms with Crippen molar-refractivity contribution in [2.75, 3.05) is 0 Å². The maximum atomic E-state index is 12.3. The van der Waals surface area contributed by atoms with Crippen molar-refractivity contribution in [2.24, 2.45) is 5.92 Å². The first-order valence-electron chi connectivity index (χ1n) is 7.19. The van der Waals surface area contributed by atoms with Crippen LogP contribution in [-0.2, 0) is 25.7 Å². The van der Waals surface area contributed by atoms with Crippen molar-refractivity contribution in [1.29, 1.82) is 0 Å². The van der Waals surface area contributed by atoms with E-state index in [2.05, 4.69) is 0 Å². The first-order valence-corrected chi connectivity index (χ1v) is 7.19. The zero-order valence-corrected chi connectivity index (χ0v) is 12.0. The highest BCUT2D eigenvalue weighted by molar-refractivity contribution is 5.83. The number of rotatable bonds is 4. The Morgan fingerprint density at radius 2 is 1.68 bits per heavy atom. The molecule has 0 aromatic heterocycles. The molecule has 1 heterocycles. The molecule has 2 aromatic carbocycles. The summed E-state index contributed by atoms with van der Waals surface area (Å²) in [6.45, 7) is 0.200. The molecule has 0 N–H and O–H groups in total. The van der Waals surface area contributed by atoms with Crippen molar-refractivity contribution in [3.05, 3.63) is 71.8 Å². The van der Waals surface area contributed by atoms with Crippen LogP contribution in [0, 0.1) is 5.92 Å². The quantitative estimate of drug-likeness (QED) is 0.814. The molecule has 1 fully saturated rings. The van der Waals surface area contributed by atoms with Gasteiger partial charge in [0.1, 0.15) is 18.6 Å². The van der Waals surface area contributed by atoms with E-state index in [0.717, 1.165) is 11.1 Å². The van der Waals surface area contributed by atoms with Gasteiger partial charge in [-0.3, -0.25) is 9.59 Å². The van der Waals surface area contributed by atoms with Gasteiger partial charge in [0, 0.05) is 0 Å². The topological polar surface area (TPSA) is 52.6 Å². The van der Waals surface area contributed by atoms with Crippen LogP contribution in [-0.4, -0.2) is 11.9 Å². The van der Waals surface area contributed by atoms with E-state index in [1.165, 1.54) is 0 Å². The average Bonchev–Trinajstić information content (AvgIpc) is 2.96. The monoisotopic (exact) mass is 296 g/mol. The van der Waals surface area contributed by atoms with Crippen molar-refractivity contribution in [2.45, 2.75) is 19.1 Å². The number of carbonyl (C=O) groups excluding carboxylic acids is 2. The summed E-state index contributed by atoms with van der Waals surface area (Å²) in [5.74, 6) is -1.35. The van der Waals surface area contributed by atoms with Crippen molar-refractivity contribution >= 4 is 11.9 Å². The molecule has 0 bridgehead atoms. The largest absolute Gasteiger partial charge is 0.460 e. The van der Waals surface area contributed by atoms with Crippen LogP contribution in [0.15, 0.2) is 60.7 Å². The Kier molecular flexibility index (Phi) is 4.19. The molecule has 112 valence electrons. The standard InChI is InChI=1S/C18H16O4/c19-16-11-15(17(22-16)14-9-5-2-6-10-14)18(20)21-12-13-7-3-1-4-8-13/h1-10,15,17H,11-12H2. The zero-order chi connectivity index (χ0) is 15.4. The van der Waals surface area contributed by atoms with E-state index < -0.39 is 18.0 Å². The summed E-state index contributed by atoms with van der Waals surface area (Å²) in [6.07, 6.45) is -0.496. The van der Waals surface area contributed by atoms with Crippen molar-refractivity contribution in [1.82, 2.24) is 0 Å². The minimum Gasteiger partial charge on any atom is -0.460 e. The highest BCUT2D eigenvalue weighted by Gasteiger charge is 2.41. The highest BCUT2D eigenvalue weighted by atomic mass is 16.6. The number of benzene rings is 2. The van der Waals surface area contributed by atoms with E-state index in [4.69, 9.17) is 9.47 Å². The predicted molar refractivity (Wildman–Crippen MR) is 79.6 cm³/mol. The maximum absolute atomic E-state index is 12.3. The summed E-state index contributed by atoms with van der Waals surface area (Å²) in [5, 5.41) is 0. The second-order valence-electron chi connectivity index (χ2n) is 5.23. The number of hydrogen-bond donors (Lipinski definition) is 0. The molecule has 0 spiro atoms. The Hall–Kier alpha value is -2.62. The number of esters is 2. The van der Waals surface area contributed by atoms with E-state index in [0.29, 0.717) is 0 Å². The first kappa shape index (κ1) is 14.3. The van der Waals surface area contributed by atoms with E-state index in [1.807, 2.05) is 60.7 Å². The minimum atomic E-state index is -0.585. The lowest BCUT2D eigenvalue weighted by Gasteiger charge is -2.17. The molecule has 0 saturated carbocycles. The normalized spacial score (nSPS) is 20.5. The van der Waals surface area contributed by atoms with Gasteiger partial charge < -0.3 is 9.47 Å². The van der Waals surface area contributed by atoms with E-state index in [1.54, 1.807) is 0 Å². The average molecular weight is 296 g/mol. The van der Waals surface area contributed by atoms with Crippen LogP contribution < -0.4 is 0 Å². The lowest BCUT2D eigenvalue weighted by atomic mass is 9.95. The summed E-state index contributed by atoms with van der Waals surface area (Å²) in [6, 6.07) is 18.7. The summed E-state index contributed by atoms with van der Waals surface area (Å²) in [7, 11) is 0. The smallest absolute Gasteiger partial charge is 0.314 e. The third kappa shape index (κ3) is 3.17. The fourth-order valence-corrected chi connectivity index (χ4v) is 2.54. The van der Waals surface area contributed by atoms with Crippen LogP contribution in [0.2, 0.25) is 0 Å². The van der Waals surface area contributed by atoms with Gasteiger partial charge in [-0.05, 0) is 11.1 Å². The molecule has 1 saturated heterocycles. The molecule has 4 nitrogen and oxygen atoms in total. The third-order valence-corrected chi connectivity index (χ3v) is 3.67. The van der Waals surface area contributed by atoms with Gasteiger partial charge in [0.15, 0.2) is 0 Å². The van der Waals surface area contributed by atoms with Crippen molar-refractivity contribution in [3.63, 3.8) is 0 Å². The van der Waals surface area contributed by atoms with Gasteiger partial charge >= 0.3 is 11.9 Å². The highest BCUT2D eigenvalue weighted by Crippen LogP contribution is 2.36. The molecular formula is C18H16O4. The van der Waals surface area contributed by atoms with Crippen LogP contribution in [0.5, 0.6) is 0 Å². The molecule has 0 aliphatic carbocycles. The molecule has 1 aliphatic heterocycles. The Bertz CT molecular complexity index is 651. The molecule has 2 unspecified atom stereocenters. The van der Waals surface area contributed by atoms with E-state index in [-0.39, 0.29) is 19.0 Å². The van der Waals surface area contributed by atoms with Gasteiger partial charge in [-0.25, -0.2) is 0 Å². The van der Waals surface area contributed by atoms with Gasteiger partial charge in [0.05, 0.1) is 6.42 Å². The van der Waals surface area contributed by atoms with Crippen LogP contribution in [0.1, 0.15) is 23.7 Å².